The Morgan fingerprint density at radius 1 is 1.45 bits per heavy atom. The average molecular weight is 340 g/mol. The number of benzene rings is 1. The fraction of sp³-hybridized carbons (Fsp3) is 0.231. The Morgan fingerprint density at radius 2 is 2.18 bits per heavy atom. The topological polar surface area (TPSA) is 103 Å². The average Bonchev–Trinajstić information content (AvgIpc) is 2.44. The molecule has 2 rings (SSSR count). The van der Waals surface area contributed by atoms with Gasteiger partial charge in [0, 0.05) is 0 Å². The van der Waals surface area contributed by atoms with Crippen LogP contribution in [0.5, 0.6) is 0 Å². The van der Waals surface area contributed by atoms with E-state index in [9.17, 15) is 9.59 Å². The van der Waals surface area contributed by atoms with Crippen molar-refractivity contribution in [2.75, 3.05) is 16.9 Å². The van der Waals surface area contributed by atoms with Crippen LogP contribution < -0.4 is 16.7 Å². The zero-order chi connectivity index (χ0) is 16.3. The van der Waals surface area contributed by atoms with Crippen molar-refractivity contribution >= 4 is 35.0 Å². The van der Waals surface area contributed by atoms with Crippen LogP contribution in [-0.4, -0.2) is 26.5 Å². The number of aryl methyl sites for hydroxylation is 2. The first-order valence-electron chi connectivity index (χ1n) is 6.27. The van der Waals surface area contributed by atoms with Gasteiger partial charge in [0.2, 0.25) is 11.1 Å². The molecule has 1 amide bonds. The van der Waals surface area contributed by atoms with Gasteiger partial charge in [-0.2, -0.15) is 9.77 Å². The first-order valence-corrected chi connectivity index (χ1v) is 7.64. The van der Waals surface area contributed by atoms with E-state index in [-0.39, 0.29) is 16.8 Å². The summed E-state index contributed by atoms with van der Waals surface area (Å²) in [7, 11) is 0. The monoisotopic (exact) mass is 339 g/mol. The molecule has 1 aromatic carbocycles. The summed E-state index contributed by atoms with van der Waals surface area (Å²) in [6.45, 7) is 3.79. The van der Waals surface area contributed by atoms with Gasteiger partial charge >= 0.3 is 0 Å². The molecule has 1 aromatic heterocycles. The summed E-state index contributed by atoms with van der Waals surface area (Å²) in [5, 5.41) is 10.6. The quantitative estimate of drug-likeness (QED) is 0.644. The van der Waals surface area contributed by atoms with Crippen LogP contribution in [0.25, 0.3) is 0 Å². The summed E-state index contributed by atoms with van der Waals surface area (Å²) in [6, 6.07) is 3.70. The van der Waals surface area contributed by atoms with Crippen molar-refractivity contribution in [1.29, 1.82) is 0 Å². The Labute approximate surface area is 135 Å². The predicted octanol–water partition coefficient (Wildman–Crippen LogP) is 1.35. The van der Waals surface area contributed by atoms with Crippen molar-refractivity contribution in [3.05, 3.63) is 44.8 Å². The minimum atomic E-state index is -0.490. The maximum Gasteiger partial charge on any atom is 0.291 e. The van der Waals surface area contributed by atoms with E-state index in [1.54, 1.807) is 6.07 Å². The van der Waals surface area contributed by atoms with Crippen molar-refractivity contribution in [2.45, 2.75) is 19.0 Å². The van der Waals surface area contributed by atoms with Gasteiger partial charge in [-0.1, -0.05) is 29.4 Å². The van der Waals surface area contributed by atoms with E-state index in [1.165, 1.54) is 0 Å². The SMILES string of the molecule is Cc1cc(C)c(NC(=O)CSc2nncc(=O)n2N)c(Cl)c1. The smallest absolute Gasteiger partial charge is 0.291 e. The number of anilines is 1. The molecule has 0 bridgehead atoms. The van der Waals surface area contributed by atoms with Crippen LogP contribution in [0.1, 0.15) is 11.1 Å². The summed E-state index contributed by atoms with van der Waals surface area (Å²) >= 11 is 7.15. The second-order valence-corrected chi connectivity index (χ2v) is 5.96. The summed E-state index contributed by atoms with van der Waals surface area (Å²) in [6.07, 6.45) is 1.000. The molecule has 0 saturated heterocycles. The summed E-state index contributed by atoms with van der Waals surface area (Å²) in [5.74, 6) is 5.26. The zero-order valence-electron chi connectivity index (χ0n) is 12.0. The van der Waals surface area contributed by atoms with Gasteiger partial charge in [-0.15, -0.1) is 5.10 Å². The molecular weight excluding hydrogens is 326 g/mol. The van der Waals surface area contributed by atoms with Crippen molar-refractivity contribution in [3.8, 4) is 0 Å². The second kappa shape index (κ2) is 6.80. The first-order chi connectivity index (χ1) is 10.4. The van der Waals surface area contributed by atoms with Crippen LogP contribution in [-0.2, 0) is 4.79 Å². The fourth-order valence-electron chi connectivity index (χ4n) is 1.81. The van der Waals surface area contributed by atoms with Crippen LogP contribution in [0.3, 0.4) is 0 Å². The fourth-order valence-corrected chi connectivity index (χ4v) is 2.85. The third kappa shape index (κ3) is 3.77. The van der Waals surface area contributed by atoms with Gasteiger partial charge in [0.1, 0.15) is 6.20 Å². The lowest BCUT2D eigenvalue weighted by Gasteiger charge is -2.11. The van der Waals surface area contributed by atoms with E-state index in [1.807, 2.05) is 19.9 Å². The van der Waals surface area contributed by atoms with Gasteiger partial charge in [-0.3, -0.25) is 9.59 Å². The first kappa shape index (κ1) is 16.3. The Bertz CT molecular complexity index is 754. The lowest BCUT2D eigenvalue weighted by molar-refractivity contribution is -0.113. The van der Waals surface area contributed by atoms with Gasteiger partial charge in [-0.05, 0) is 31.0 Å². The molecule has 7 nitrogen and oxygen atoms in total. The Balaban J connectivity index is 2.05. The van der Waals surface area contributed by atoms with Gasteiger partial charge < -0.3 is 11.2 Å². The molecule has 2 aromatic rings. The molecule has 0 aliphatic carbocycles. The van der Waals surface area contributed by atoms with Crippen LogP contribution in [0, 0.1) is 13.8 Å². The number of carbonyl (C=O) groups is 1. The molecule has 0 unspecified atom stereocenters. The largest absolute Gasteiger partial charge is 0.334 e. The number of thioether (sulfide) groups is 1. The lowest BCUT2D eigenvalue weighted by Crippen LogP contribution is -2.30. The van der Waals surface area contributed by atoms with Gasteiger partial charge in [0.25, 0.3) is 5.56 Å². The highest BCUT2D eigenvalue weighted by molar-refractivity contribution is 7.99. The molecule has 22 heavy (non-hydrogen) atoms. The van der Waals surface area contributed by atoms with Crippen molar-refractivity contribution in [2.24, 2.45) is 0 Å². The molecular formula is C13H14ClN5O2S. The highest BCUT2D eigenvalue weighted by Crippen LogP contribution is 2.27. The molecule has 1 heterocycles. The van der Waals surface area contributed by atoms with Gasteiger partial charge in [-0.25, -0.2) is 0 Å². The minimum Gasteiger partial charge on any atom is -0.334 e. The number of rotatable bonds is 4. The van der Waals surface area contributed by atoms with Crippen molar-refractivity contribution in [3.63, 3.8) is 0 Å². The number of hydrogen-bond donors (Lipinski definition) is 2. The molecule has 0 aliphatic heterocycles. The van der Waals surface area contributed by atoms with E-state index < -0.39 is 5.56 Å². The van der Waals surface area contributed by atoms with Crippen LogP contribution in [0.2, 0.25) is 5.02 Å². The predicted molar refractivity (Wildman–Crippen MR) is 86.7 cm³/mol. The van der Waals surface area contributed by atoms with E-state index >= 15 is 0 Å². The Hall–Kier alpha value is -2.06. The van der Waals surface area contributed by atoms with Gasteiger partial charge in [0.15, 0.2) is 0 Å². The van der Waals surface area contributed by atoms with E-state index in [0.29, 0.717) is 10.7 Å². The molecule has 116 valence electrons. The molecule has 3 N–H and O–H groups in total. The minimum absolute atomic E-state index is 0.0268. The number of halogens is 1. The maximum atomic E-state index is 12.0. The Kier molecular flexibility index (Phi) is 5.04. The third-order valence-electron chi connectivity index (χ3n) is 2.78. The number of aromatic nitrogens is 3. The number of hydrogen-bond acceptors (Lipinski definition) is 6. The summed E-state index contributed by atoms with van der Waals surface area (Å²) in [5.41, 5.74) is 1.97. The van der Waals surface area contributed by atoms with Crippen molar-refractivity contribution in [1.82, 2.24) is 14.9 Å². The number of nitrogens with zero attached hydrogens (tertiary/aromatic N) is 3. The summed E-state index contributed by atoms with van der Waals surface area (Å²) < 4.78 is 0.842. The standard InChI is InChI=1S/C13H14ClN5O2S/c1-7-3-8(2)12(9(14)4-7)17-10(20)6-22-13-18-16-5-11(21)19(13)15/h3-5H,6,15H2,1-2H3,(H,17,20). The Morgan fingerprint density at radius 3 is 2.86 bits per heavy atom. The summed E-state index contributed by atoms with van der Waals surface area (Å²) in [4.78, 5) is 23.3. The third-order valence-corrected chi connectivity index (χ3v) is 4.02. The zero-order valence-corrected chi connectivity index (χ0v) is 13.5. The molecule has 0 aliphatic rings. The molecule has 0 atom stereocenters. The van der Waals surface area contributed by atoms with Crippen LogP contribution in [0.4, 0.5) is 5.69 Å². The van der Waals surface area contributed by atoms with E-state index in [0.717, 1.165) is 33.8 Å². The second-order valence-electron chi connectivity index (χ2n) is 4.61. The number of nitrogens with one attached hydrogen (secondary N) is 1. The normalized spacial score (nSPS) is 10.5. The van der Waals surface area contributed by atoms with Crippen LogP contribution >= 0.6 is 23.4 Å². The molecule has 0 fully saturated rings. The number of nitrogens with two attached hydrogens (primary N) is 1. The van der Waals surface area contributed by atoms with E-state index in [4.69, 9.17) is 17.4 Å². The highest BCUT2D eigenvalue weighted by atomic mass is 35.5. The highest BCUT2D eigenvalue weighted by Gasteiger charge is 2.12. The lowest BCUT2D eigenvalue weighted by atomic mass is 10.1. The van der Waals surface area contributed by atoms with Gasteiger partial charge in [0.05, 0.1) is 16.5 Å². The molecule has 0 spiro atoms. The number of carbonyl (C=O) groups excluding carboxylic acids is 1. The van der Waals surface area contributed by atoms with Crippen LogP contribution in [0.15, 0.2) is 28.3 Å². The molecule has 0 radical (unpaired) electrons. The van der Waals surface area contributed by atoms with Crippen molar-refractivity contribution < 1.29 is 4.79 Å². The molecule has 9 heteroatoms. The number of nitrogen functional groups attached to an aromatic ring is 1. The van der Waals surface area contributed by atoms with E-state index in [2.05, 4.69) is 15.5 Å². The molecule has 0 saturated carbocycles. The number of amides is 1. The maximum absolute atomic E-state index is 12.0.